The first-order valence-corrected chi connectivity index (χ1v) is 8.29. The summed E-state index contributed by atoms with van der Waals surface area (Å²) in [7, 11) is 1.46. The molecule has 0 bridgehead atoms. The molecule has 120 valence electrons. The van der Waals surface area contributed by atoms with Crippen LogP contribution in [0.1, 0.15) is 49.8 Å². The molecule has 1 aromatic carbocycles. The van der Waals surface area contributed by atoms with Crippen molar-refractivity contribution < 1.29 is 9.53 Å². The summed E-state index contributed by atoms with van der Waals surface area (Å²) in [6.45, 7) is 6.83. The van der Waals surface area contributed by atoms with Gasteiger partial charge in [0.2, 0.25) is 0 Å². The quantitative estimate of drug-likeness (QED) is 0.858. The van der Waals surface area contributed by atoms with Crippen molar-refractivity contribution in [3.63, 3.8) is 0 Å². The number of rotatable bonds is 3. The zero-order chi connectivity index (χ0) is 15.7. The Morgan fingerprint density at radius 1 is 1.18 bits per heavy atom. The molecule has 0 N–H and O–H groups in total. The molecular formula is C18H26N2O2. The molecule has 1 saturated carbocycles. The molecule has 4 heteroatoms. The molecule has 1 amide bonds. The topological polar surface area (TPSA) is 32.8 Å². The fraction of sp³-hybridized carbons (Fsp3) is 0.611. The third-order valence-corrected chi connectivity index (χ3v) is 4.89. The molecule has 2 fully saturated rings. The van der Waals surface area contributed by atoms with Gasteiger partial charge in [-0.3, -0.25) is 4.90 Å². The highest BCUT2D eigenvalue weighted by Gasteiger charge is 2.35. The third-order valence-electron chi connectivity index (χ3n) is 4.89. The summed E-state index contributed by atoms with van der Waals surface area (Å²) in [4.78, 5) is 16.3. The van der Waals surface area contributed by atoms with Gasteiger partial charge in [-0.25, -0.2) is 4.79 Å². The molecule has 4 nitrogen and oxygen atoms in total. The summed E-state index contributed by atoms with van der Waals surface area (Å²) in [6, 6.07) is 9.51. The normalized spacial score (nSPS) is 22.9. The largest absolute Gasteiger partial charge is 0.453 e. The average Bonchev–Trinajstić information content (AvgIpc) is 3.38. The second-order valence-corrected chi connectivity index (χ2v) is 6.67. The lowest BCUT2D eigenvalue weighted by Crippen LogP contribution is -2.52. The fourth-order valence-electron chi connectivity index (χ4n) is 3.57. The van der Waals surface area contributed by atoms with Crippen molar-refractivity contribution in [2.45, 2.75) is 44.7 Å². The summed E-state index contributed by atoms with van der Waals surface area (Å²) < 4.78 is 4.93. The van der Waals surface area contributed by atoms with Crippen LogP contribution in [-0.4, -0.2) is 48.7 Å². The van der Waals surface area contributed by atoms with Crippen molar-refractivity contribution in [2.24, 2.45) is 0 Å². The zero-order valence-corrected chi connectivity index (χ0v) is 13.8. The Balaban J connectivity index is 1.91. The second kappa shape index (κ2) is 6.29. The van der Waals surface area contributed by atoms with Crippen molar-refractivity contribution >= 4 is 6.09 Å². The Kier molecular flexibility index (Phi) is 4.39. The van der Waals surface area contributed by atoms with Crippen LogP contribution >= 0.6 is 0 Å². The van der Waals surface area contributed by atoms with Gasteiger partial charge in [-0.05, 0) is 43.7 Å². The van der Waals surface area contributed by atoms with E-state index in [0.29, 0.717) is 12.6 Å². The lowest BCUT2D eigenvalue weighted by atomic mass is 9.93. The predicted octanol–water partition coefficient (Wildman–Crippen LogP) is 3.40. The monoisotopic (exact) mass is 302 g/mol. The van der Waals surface area contributed by atoms with Gasteiger partial charge in [0.05, 0.1) is 13.2 Å². The van der Waals surface area contributed by atoms with Crippen LogP contribution < -0.4 is 0 Å². The molecule has 1 aliphatic carbocycles. The first-order valence-electron chi connectivity index (χ1n) is 8.29. The van der Waals surface area contributed by atoms with Gasteiger partial charge in [-0.15, -0.1) is 0 Å². The molecule has 1 unspecified atom stereocenters. The van der Waals surface area contributed by atoms with Crippen LogP contribution in [0.4, 0.5) is 4.79 Å². The van der Waals surface area contributed by atoms with E-state index in [9.17, 15) is 4.79 Å². The number of benzene rings is 1. The van der Waals surface area contributed by atoms with Crippen LogP contribution in [0.2, 0.25) is 0 Å². The molecule has 3 rings (SSSR count). The predicted molar refractivity (Wildman–Crippen MR) is 87.0 cm³/mol. The minimum Gasteiger partial charge on any atom is -0.453 e. The summed E-state index contributed by atoms with van der Waals surface area (Å²) in [5, 5.41) is 0. The van der Waals surface area contributed by atoms with Crippen LogP contribution in [0, 0.1) is 0 Å². The van der Waals surface area contributed by atoms with Gasteiger partial charge < -0.3 is 9.64 Å². The third kappa shape index (κ3) is 2.98. The minimum atomic E-state index is -0.211. The Morgan fingerprint density at radius 2 is 1.86 bits per heavy atom. The van der Waals surface area contributed by atoms with Crippen molar-refractivity contribution in [3.8, 4) is 0 Å². The Hall–Kier alpha value is -1.55. The summed E-state index contributed by atoms with van der Waals surface area (Å²) in [5.74, 6) is 0.721. The van der Waals surface area contributed by atoms with Gasteiger partial charge in [0.15, 0.2) is 0 Å². The van der Waals surface area contributed by atoms with Gasteiger partial charge in [-0.1, -0.05) is 24.3 Å². The summed E-state index contributed by atoms with van der Waals surface area (Å²) >= 11 is 0. The SMILES string of the molecule is COC(=O)N1CCN(C(C)C)C(c2ccccc2C2CC2)C1. The molecule has 1 saturated heterocycles. The van der Waals surface area contributed by atoms with E-state index < -0.39 is 0 Å². The van der Waals surface area contributed by atoms with Crippen LogP contribution in [0.5, 0.6) is 0 Å². The lowest BCUT2D eigenvalue weighted by molar-refractivity contribution is 0.0431. The Labute approximate surface area is 133 Å². The molecule has 0 spiro atoms. The van der Waals surface area contributed by atoms with Gasteiger partial charge in [0, 0.05) is 25.7 Å². The van der Waals surface area contributed by atoms with Crippen LogP contribution in [0.25, 0.3) is 0 Å². The van der Waals surface area contributed by atoms with E-state index in [1.165, 1.54) is 31.1 Å². The fourth-order valence-corrected chi connectivity index (χ4v) is 3.57. The zero-order valence-electron chi connectivity index (χ0n) is 13.8. The summed E-state index contributed by atoms with van der Waals surface area (Å²) in [6.07, 6.45) is 2.38. The van der Waals surface area contributed by atoms with Crippen LogP contribution in [0.3, 0.4) is 0 Å². The molecule has 0 radical (unpaired) electrons. The highest BCUT2D eigenvalue weighted by atomic mass is 16.5. The first kappa shape index (κ1) is 15.3. The highest BCUT2D eigenvalue weighted by Crippen LogP contribution is 2.44. The van der Waals surface area contributed by atoms with E-state index in [2.05, 4.69) is 43.0 Å². The minimum absolute atomic E-state index is 0.211. The molecule has 1 aromatic rings. The molecule has 0 aromatic heterocycles. The number of nitrogens with zero attached hydrogens (tertiary/aromatic N) is 2. The van der Waals surface area contributed by atoms with Gasteiger partial charge in [-0.2, -0.15) is 0 Å². The van der Waals surface area contributed by atoms with Crippen molar-refractivity contribution in [2.75, 3.05) is 26.7 Å². The van der Waals surface area contributed by atoms with Gasteiger partial charge in [0.1, 0.15) is 0 Å². The van der Waals surface area contributed by atoms with E-state index in [1.807, 2.05) is 4.90 Å². The first-order chi connectivity index (χ1) is 10.6. The second-order valence-electron chi connectivity index (χ2n) is 6.67. The van der Waals surface area contributed by atoms with E-state index in [0.717, 1.165) is 19.0 Å². The Bertz CT molecular complexity index is 540. The van der Waals surface area contributed by atoms with Gasteiger partial charge in [0.25, 0.3) is 0 Å². The van der Waals surface area contributed by atoms with Gasteiger partial charge >= 0.3 is 6.09 Å². The van der Waals surface area contributed by atoms with Crippen molar-refractivity contribution in [3.05, 3.63) is 35.4 Å². The average molecular weight is 302 g/mol. The number of ether oxygens (including phenoxy) is 1. The number of carbonyl (C=O) groups is 1. The number of carbonyl (C=O) groups excluding carboxylic acids is 1. The highest BCUT2D eigenvalue weighted by molar-refractivity contribution is 5.67. The summed E-state index contributed by atoms with van der Waals surface area (Å²) in [5.41, 5.74) is 2.87. The Morgan fingerprint density at radius 3 is 2.45 bits per heavy atom. The van der Waals surface area contributed by atoms with E-state index in [4.69, 9.17) is 4.74 Å². The number of amides is 1. The maximum Gasteiger partial charge on any atom is 0.409 e. The molecule has 2 aliphatic rings. The molecule has 1 atom stereocenters. The number of hydrogen-bond donors (Lipinski definition) is 0. The molecular weight excluding hydrogens is 276 g/mol. The van der Waals surface area contributed by atoms with E-state index >= 15 is 0 Å². The van der Waals surface area contributed by atoms with Crippen molar-refractivity contribution in [1.29, 1.82) is 0 Å². The van der Waals surface area contributed by atoms with E-state index in [-0.39, 0.29) is 12.1 Å². The van der Waals surface area contributed by atoms with Crippen LogP contribution in [0.15, 0.2) is 24.3 Å². The maximum atomic E-state index is 11.9. The standard InChI is InChI=1S/C18H26N2O2/c1-13(2)20-11-10-19(18(21)22-3)12-17(20)16-7-5-4-6-15(16)14-8-9-14/h4-7,13-14,17H,8-12H2,1-3H3. The molecule has 1 heterocycles. The lowest BCUT2D eigenvalue weighted by Gasteiger charge is -2.43. The molecule has 1 aliphatic heterocycles. The van der Waals surface area contributed by atoms with Crippen molar-refractivity contribution in [1.82, 2.24) is 9.80 Å². The smallest absolute Gasteiger partial charge is 0.409 e. The van der Waals surface area contributed by atoms with Crippen LogP contribution in [-0.2, 0) is 4.74 Å². The number of methoxy groups -OCH3 is 1. The number of hydrogen-bond acceptors (Lipinski definition) is 3. The van der Waals surface area contributed by atoms with E-state index in [1.54, 1.807) is 0 Å². The molecule has 22 heavy (non-hydrogen) atoms. The maximum absolute atomic E-state index is 11.9. The number of piperazine rings is 1.